The minimum Gasteiger partial charge on any atom is -0.312 e. The molecule has 26 heavy (non-hydrogen) atoms. The van der Waals surface area contributed by atoms with Gasteiger partial charge in [0.25, 0.3) is 0 Å². The van der Waals surface area contributed by atoms with Crippen molar-refractivity contribution in [2.45, 2.75) is 43.2 Å². The van der Waals surface area contributed by atoms with Gasteiger partial charge in [-0.1, -0.05) is 6.42 Å². The first-order chi connectivity index (χ1) is 12.6. The smallest absolute Gasteiger partial charge is 0.243 e. The summed E-state index contributed by atoms with van der Waals surface area (Å²) in [5.74, 6) is 0.113. The van der Waals surface area contributed by atoms with Crippen molar-refractivity contribution in [1.82, 2.24) is 19.6 Å². The zero-order chi connectivity index (χ0) is 18.1. The third-order valence-electron chi connectivity index (χ3n) is 5.00. The van der Waals surface area contributed by atoms with Crippen LogP contribution in [0, 0.1) is 5.82 Å². The number of nitrogens with one attached hydrogen (secondary N) is 1. The molecular weight excluding hydrogens is 355 g/mol. The lowest BCUT2D eigenvalue weighted by atomic mass is 10.0. The van der Waals surface area contributed by atoms with Crippen LogP contribution in [0.15, 0.2) is 35.4 Å². The number of nitrogens with zero attached hydrogens (tertiary/aromatic N) is 3. The van der Waals surface area contributed by atoms with Crippen LogP contribution in [0.3, 0.4) is 0 Å². The molecule has 1 saturated heterocycles. The van der Waals surface area contributed by atoms with Crippen molar-refractivity contribution in [2.75, 3.05) is 13.1 Å². The molecule has 1 aromatic carbocycles. The minimum atomic E-state index is -3.72. The lowest BCUT2D eigenvalue weighted by Crippen LogP contribution is -2.39. The average molecular weight is 376 g/mol. The first kappa shape index (κ1) is 17.5. The van der Waals surface area contributed by atoms with Gasteiger partial charge in [-0.05, 0) is 37.1 Å². The van der Waals surface area contributed by atoms with Gasteiger partial charge in [0.2, 0.25) is 10.0 Å². The van der Waals surface area contributed by atoms with E-state index in [9.17, 15) is 12.8 Å². The molecule has 0 bridgehead atoms. The molecule has 4 rings (SSSR count). The molecule has 1 aromatic heterocycles. The van der Waals surface area contributed by atoms with E-state index >= 15 is 0 Å². The topological polar surface area (TPSA) is 75.2 Å². The molecule has 1 N–H and O–H groups in total. The van der Waals surface area contributed by atoms with Crippen LogP contribution in [0.1, 0.15) is 42.4 Å². The Kier molecular flexibility index (Phi) is 4.73. The van der Waals surface area contributed by atoms with Crippen LogP contribution in [0.25, 0.3) is 0 Å². The fourth-order valence-electron chi connectivity index (χ4n) is 3.60. The second kappa shape index (κ2) is 7.02. The van der Waals surface area contributed by atoms with Gasteiger partial charge in [0, 0.05) is 43.5 Å². The van der Waals surface area contributed by atoms with Crippen LogP contribution < -0.4 is 5.32 Å². The zero-order valence-electron chi connectivity index (χ0n) is 14.4. The second-order valence-electron chi connectivity index (χ2n) is 6.71. The fraction of sp³-hybridized carbons (Fsp3) is 0.444. The van der Waals surface area contributed by atoms with Crippen molar-refractivity contribution in [3.63, 3.8) is 0 Å². The van der Waals surface area contributed by atoms with E-state index in [-0.39, 0.29) is 10.9 Å². The molecule has 0 radical (unpaired) electrons. The van der Waals surface area contributed by atoms with E-state index in [0.29, 0.717) is 18.8 Å². The number of aromatic nitrogens is 2. The molecule has 2 aliphatic rings. The largest absolute Gasteiger partial charge is 0.312 e. The van der Waals surface area contributed by atoms with Gasteiger partial charge in [-0.3, -0.25) is 0 Å². The summed E-state index contributed by atoms with van der Waals surface area (Å²) >= 11 is 0. The number of piperidine rings is 1. The monoisotopic (exact) mass is 376 g/mol. The third-order valence-corrected chi connectivity index (χ3v) is 6.92. The standard InChI is InChI=1S/C18H21FN4O2S/c19-14-4-6-15(7-5-14)26(24,25)23-10-2-1-3-17(23)18-21-12-13-11-20-9-8-16(13)22-18/h4-7,12,17,20H,1-3,8-11H2/t17-/m1/s1. The first-order valence-corrected chi connectivity index (χ1v) is 10.3. The molecule has 0 unspecified atom stereocenters. The predicted octanol–water partition coefficient (Wildman–Crippen LogP) is 2.18. The van der Waals surface area contributed by atoms with Gasteiger partial charge in [-0.25, -0.2) is 22.8 Å². The summed E-state index contributed by atoms with van der Waals surface area (Å²) in [5, 5.41) is 3.28. The normalized spacial score (nSPS) is 21.3. The Hall–Kier alpha value is -1.90. The molecule has 3 heterocycles. The molecule has 0 saturated carbocycles. The van der Waals surface area contributed by atoms with Crippen molar-refractivity contribution in [3.05, 3.63) is 53.4 Å². The van der Waals surface area contributed by atoms with Gasteiger partial charge >= 0.3 is 0 Å². The SMILES string of the molecule is O=S(=O)(c1ccc(F)cc1)N1CCCC[C@@H]1c1ncc2c(n1)CCNC2. The molecule has 2 aliphatic heterocycles. The van der Waals surface area contributed by atoms with Crippen LogP contribution in [0.4, 0.5) is 4.39 Å². The van der Waals surface area contributed by atoms with Crippen LogP contribution >= 0.6 is 0 Å². The number of hydrogen-bond donors (Lipinski definition) is 1. The third kappa shape index (κ3) is 3.24. The van der Waals surface area contributed by atoms with Crippen molar-refractivity contribution < 1.29 is 12.8 Å². The van der Waals surface area contributed by atoms with Crippen LogP contribution in [0.5, 0.6) is 0 Å². The van der Waals surface area contributed by atoms with Crippen molar-refractivity contribution >= 4 is 10.0 Å². The van der Waals surface area contributed by atoms with Gasteiger partial charge in [0.15, 0.2) is 0 Å². The number of rotatable bonds is 3. The van der Waals surface area contributed by atoms with Crippen molar-refractivity contribution in [2.24, 2.45) is 0 Å². The summed E-state index contributed by atoms with van der Waals surface area (Å²) in [5.41, 5.74) is 2.07. The average Bonchev–Trinajstić information content (AvgIpc) is 2.68. The van der Waals surface area contributed by atoms with E-state index in [0.717, 1.165) is 43.6 Å². The highest BCUT2D eigenvalue weighted by atomic mass is 32.2. The van der Waals surface area contributed by atoms with E-state index in [1.165, 1.54) is 28.6 Å². The Balaban J connectivity index is 1.69. The molecule has 6 nitrogen and oxygen atoms in total. The lowest BCUT2D eigenvalue weighted by Gasteiger charge is -2.34. The number of sulfonamides is 1. The van der Waals surface area contributed by atoms with Crippen LogP contribution in [-0.2, 0) is 23.0 Å². The summed E-state index contributed by atoms with van der Waals surface area (Å²) in [6, 6.07) is 4.60. The number of benzene rings is 1. The van der Waals surface area contributed by atoms with E-state index in [1.54, 1.807) is 6.20 Å². The molecule has 2 aromatic rings. The van der Waals surface area contributed by atoms with E-state index in [2.05, 4.69) is 10.3 Å². The Morgan fingerprint density at radius 2 is 2.00 bits per heavy atom. The van der Waals surface area contributed by atoms with E-state index < -0.39 is 15.8 Å². The quantitative estimate of drug-likeness (QED) is 0.889. The van der Waals surface area contributed by atoms with E-state index in [1.807, 2.05) is 0 Å². The highest BCUT2D eigenvalue weighted by molar-refractivity contribution is 7.89. The summed E-state index contributed by atoms with van der Waals surface area (Å²) in [7, 11) is -3.72. The molecule has 1 fully saturated rings. The summed E-state index contributed by atoms with van der Waals surface area (Å²) < 4.78 is 40.9. The van der Waals surface area contributed by atoms with Gasteiger partial charge in [-0.15, -0.1) is 0 Å². The van der Waals surface area contributed by atoms with Gasteiger partial charge in [-0.2, -0.15) is 4.31 Å². The van der Waals surface area contributed by atoms with Crippen LogP contribution in [-0.4, -0.2) is 35.8 Å². The number of halogens is 1. The Morgan fingerprint density at radius 3 is 2.81 bits per heavy atom. The summed E-state index contributed by atoms with van der Waals surface area (Å²) in [4.78, 5) is 9.27. The van der Waals surface area contributed by atoms with Gasteiger partial charge in [0.1, 0.15) is 11.6 Å². The highest BCUT2D eigenvalue weighted by Crippen LogP contribution is 2.34. The maximum Gasteiger partial charge on any atom is 0.243 e. The minimum absolute atomic E-state index is 0.105. The van der Waals surface area contributed by atoms with Gasteiger partial charge in [0.05, 0.1) is 10.9 Å². The molecule has 0 amide bonds. The molecule has 0 spiro atoms. The van der Waals surface area contributed by atoms with Crippen molar-refractivity contribution in [3.8, 4) is 0 Å². The summed E-state index contributed by atoms with van der Waals surface area (Å²) in [6.07, 6.45) is 5.05. The second-order valence-corrected chi connectivity index (χ2v) is 8.60. The van der Waals surface area contributed by atoms with Crippen molar-refractivity contribution in [1.29, 1.82) is 0 Å². The van der Waals surface area contributed by atoms with E-state index in [4.69, 9.17) is 4.98 Å². The predicted molar refractivity (Wildman–Crippen MR) is 94.3 cm³/mol. The maximum absolute atomic E-state index is 13.2. The molecule has 8 heteroatoms. The zero-order valence-corrected chi connectivity index (χ0v) is 15.2. The fourth-order valence-corrected chi connectivity index (χ4v) is 5.26. The Labute approximate surface area is 152 Å². The molecule has 1 atom stereocenters. The van der Waals surface area contributed by atoms with Gasteiger partial charge < -0.3 is 5.32 Å². The summed E-state index contributed by atoms with van der Waals surface area (Å²) in [6.45, 7) is 2.04. The number of hydrogen-bond acceptors (Lipinski definition) is 5. The number of fused-ring (bicyclic) bond motifs is 1. The Bertz CT molecular complexity index is 902. The Morgan fingerprint density at radius 1 is 1.19 bits per heavy atom. The molecular formula is C18H21FN4O2S. The maximum atomic E-state index is 13.2. The lowest BCUT2D eigenvalue weighted by molar-refractivity contribution is 0.246. The molecule has 138 valence electrons. The first-order valence-electron chi connectivity index (χ1n) is 8.88. The molecule has 0 aliphatic carbocycles. The van der Waals surface area contributed by atoms with Crippen LogP contribution in [0.2, 0.25) is 0 Å². The highest BCUT2D eigenvalue weighted by Gasteiger charge is 2.36.